The zero-order valence-electron chi connectivity index (χ0n) is 13.3. The fourth-order valence-electron chi connectivity index (χ4n) is 2.71. The Morgan fingerprint density at radius 3 is 2.48 bits per heavy atom. The van der Waals surface area contributed by atoms with E-state index in [4.69, 9.17) is 0 Å². The van der Waals surface area contributed by atoms with Crippen LogP contribution in [0.4, 0.5) is 0 Å². The van der Waals surface area contributed by atoms with Crippen LogP contribution in [0, 0.1) is 6.92 Å². The smallest absolute Gasteiger partial charge is 0.0329 e. The lowest BCUT2D eigenvalue weighted by Gasteiger charge is -2.22. The highest BCUT2D eigenvalue weighted by Gasteiger charge is 2.10. The van der Waals surface area contributed by atoms with Gasteiger partial charge in [-0.1, -0.05) is 60.2 Å². The van der Waals surface area contributed by atoms with Gasteiger partial charge < -0.3 is 10.2 Å². The highest BCUT2D eigenvalue weighted by Crippen LogP contribution is 2.16. The molecule has 2 heteroatoms. The van der Waals surface area contributed by atoms with Crippen LogP contribution in [-0.2, 0) is 6.54 Å². The molecule has 0 saturated carbocycles. The van der Waals surface area contributed by atoms with Crippen LogP contribution in [0.1, 0.15) is 29.2 Å². The molecule has 0 fully saturated rings. The average Bonchev–Trinajstić information content (AvgIpc) is 2.49. The van der Waals surface area contributed by atoms with Gasteiger partial charge in [-0.25, -0.2) is 0 Å². The van der Waals surface area contributed by atoms with Crippen molar-refractivity contribution in [1.29, 1.82) is 0 Å². The average molecular weight is 282 g/mol. The Morgan fingerprint density at radius 1 is 1.05 bits per heavy atom. The minimum Gasteiger partial charge on any atom is -0.313 e. The van der Waals surface area contributed by atoms with E-state index in [0.717, 1.165) is 19.5 Å². The topological polar surface area (TPSA) is 15.3 Å². The normalized spacial score (nSPS) is 12.6. The van der Waals surface area contributed by atoms with Crippen LogP contribution in [-0.4, -0.2) is 25.5 Å². The molecule has 2 aromatic rings. The summed E-state index contributed by atoms with van der Waals surface area (Å²) in [6.07, 6.45) is 1.11. The second kappa shape index (κ2) is 7.96. The molecule has 2 aromatic carbocycles. The summed E-state index contributed by atoms with van der Waals surface area (Å²) in [6.45, 7) is 4.23. The maximum atomic E-state index is 3.42. The maximum Gasteiger partial charge on any atom is 0.0329 e. The third kappa shape index (κ3) is 5.00. The molecule has 0 saturated heterocycles. The third-order valence-electron chi connectivity index (χ3n) is 3.88. The van der Waals surface area contributed by atoms with Gasteiger partial charge in [0, 0.05) is 12.6 Å². The van der Waals surface area contributed by atoms with E-state index in [1.54, 1.807) is 0 Å². The van der Waals surface area contributed by atoms with Gasteiger partial charge in [0.05, 0.1) is 0 Å². The zero-order chi connectivity index (χ0) is 15.1. The standard InChI is InChI=1S/C19H26N2/c1-16-8-7-9-17(14-16)15-21(3)13-12-19(20-2)18-10-5-4-6-11-18/h4-11,14,19-20H,12-13,15H2,1-3H3. The molecule has 1 atom stereocenters. The number of aryl methyl sites for hydroxylation is 1. The Hall–Kier alpha value is -1.64. The van der Waals surface area contributed by atoms with Crippen molar-refractivity contribution in [3.8, 4) is 0 Å². The minimum atomic E-state index is 0.422. The maximum absolute atomic E-state index is 3.42. The summed E-state index contributed by atoms with van der Waals surface area (Å²) in [6, 6.07) is 19.9. The van der Waals surface area contributed by atoms with Crippen molar-refractivity contribution in [2.24, 2.45) is 0 Å². The molecule has 2 rings (SSSR count). The molecule has 21 heavy (non-hydrogen) atoms. The van der Waals surface area contributed by atoms with E-state index in [9.17, 15) is 0 Å². The number of nitrogens with zero attached hydrogens (tertiary/aromatic N) is 1. The molecule has 0 aliphatic rings. The molecule has 0 aliphatic heterocycles. The van der Waals surface area contributed by atoms with E-state index in [1.807, 2.05) is 7.05 Å². The van der Waals surface area contributed by atoms with E-state index in [0.29, 0.717) is 6.04 Å². The van der Waals surface area contributed by atoms with Gasteiger partial charge >= 0.3 is 0 Å². The summed E-state index contributed by atoms with van der Waals surface area (Å²) in [7, 11) is 4.23. The first kappa shape index (κ1) is 15.7. The van der Waals surface area contributed by atoms with Crippen molar-refractivity contribution in [3.05, 3.63) is 71.3 Å². The Morgan fingerprint density at radius 2 is 1.81 bits per heavy atom. The van der Waals surface area contributed by atoms with Gasteiger partial charge in [-0.3, -0.25) is 0 Å². The van der Waals surface area contributed by atoms with Crippen molar-refractivity contribution in [1.82, 2.24) is 10.2 Å². The minimum absolute atomic E-state index is 0.422. The molecular formula is C19H26N2. The van der Waals surface area contributed by atoms with Crippen molar-refractivity contribution < 1.29 is 0 Å². The highest BCUT2D eigenvalue weighted by atomic mass is 15.1. The number of rotatable bonds is 7. The van der Waals surface area contributed by atoms with Crippen LogP contribution >= 0.6 is 0 Å². The van der Waals surface area contributed by atoms with Gasteiger partial charge in [0.25, 0.3) is 0 Å². The Bertz CT molecular complexity index is 536. The molecule has 0 radical (unpaired) electrons. The van der Waals surface area contributed by atoms with Crippen LogP contribution in [0.15, 0.2) is 54.6 Å². The van der Waals surface area contributed by atoms with E-state index in [1.165, 1.54) is 16.7 Å². The van der Waals surface area contributed by atoms with Crippen LogP contribution in [0.3, 0.4) is 0 Å². The molecule has 1 unspecified atom stereocenters. The van der Waals surface area contributed by atoms with Gasteiger partial charge in [0.2, 0.25) is 0 Å². The number of hydrogen-bond acceptors (Lipinski definition) is 2. The quantitative estimate of drug-likeness (QED) is 0.831. The monoisotopic (exact) mass is 282 g/mol. The van der Waals surface area contributed by atoms with E-state index in [2.05, 4.69) is 78.8 Å². The lowest BCUT2D eigenvalue weighted by molar-refractivity contribution is 0.304. The Balaban J connectivity index is 1.86. The van der Waals surface area contributed by atoms with E-state index >= 15 is 0 Å². The Labute approximate surface area is 128 Å². The summed E-state index contributed by atoms with van der Waals surface area (Å²) < 4.78 is 0. The molecule has 0 heterocycles. The molecule has 1 N–H and O–H groups in total. The first-order valence-electron chi connectivity index (χ1n) is 7.65. The summed E-state index contributed by atoms with van der Waals surface area (Å²) in [5.41, 5.74) is 4.08. The second-order valence-corrected chi connectivity index (χ2v) is 5.77. The SMILES string of the molecule is CNC(CCN(C)Cc1cccc(C)c1)c1ccccc1. The summed E-state index contributed by atoms with van der Waals surface area (Å²) in [5, 5.41) is 3.42. The largest absolute Gasteiger partial charge is 0.313 e. The first-order valence-corrected chi connectivity index (χ1v) is 7.65. The van der Waals surface area contributed by atoms with Gasteiger partial charge in [0.15, 0.2) is 0 Å². The molecule has 0 bridgehead atoms. The Kier molecular flexibility index (Phi) is 5.97. The van der Waals surface area contributed by atoms with Gasteiger partial charge in [-0.2, -0.15) is 0 Å². The van der Waals surface area contributed by atoms with Crippen molar-refractivity contribution >= 4 is 0 Å². The summed E-state index contributed by atoms with van der Waals surface area (Å²) in [4.78, 5) is 2.39. The van der Waals surface area contributed by atoms with Gasteiger partial charge in [-0.05, 0) is 45.1 Å². The van der Waals surface area contributed by atoms with E-state index in [-0.39, 0.29) is 0 Å². The molecule has 0 aromatic heterocycles. The van der Waals surface area contributed by atoms with Crippen molar-refractivity contribution in [3.63, 3.8) is 0 Å². The van der Waals surface area contributed by atoms with Crippen molar-refractivity contribution in [2.75, 3.05) is 20.6 Å². The van der Waals surface area contributed by atoms with Gasteiger partial charge in [0.1, 0.15) is 0 Å². The lowest BCUT2D eigenvalue weighted by Crippen LogP contribution is -2.25. The van der Waals surface area contributed by atoms with Crippen LogP contribution in [0.2, 0.25) is 0 Å². The lowest BCUT2D eigenvalue weighted by atomic mass is 10.0. The molecule has 0 amide bonds. The zero-order valence-corrected chi connectivity index (χ0v) is 13.3. The fraction of sp³-hybridized carbons (Fsp3) is 0.368. The second-order valence-electron chi connectivity index (χ2n) is 5.77. The van der Waals surface area contributed by atoms with Crippen LogP contribution in [0.5, 0.6) is 0 Å². The van der Waals surface area contributed by atoms with Crippen LogP contribution < -0.4 is 5.32 Å². The van der Waals surface area contributed by atoms with Crippen LogP contribution in [0.25, 0.3) is 0 Å². The highest BCUT2D eigenvalue weighted by molar-refractivity contribution is 5.22. The van der Waals surface area contributed by atoms with Gasteiger partial charge in [-0.15, -0.1) is 0 Å². The van der Waals surface area contributed by atoms with E-state index < -0.39 is 0 Å². The predicted octanol–water partition coefficient (Wildman–Crippen LogP) is 3.78. The summed E-state index contributed by atoms with van der Waals surface area (Å²) >= 11 is 0. The molecule has 112 valence electrons. The molecule has 2 nitrogen and oxygen atoms in total. The predicted molar refractivity (Wildman–Crippen MR) is 90.4 cm³/mol. The first-order chi connectivity index (χ1) is 10.2. The molecular weight excluding hydrogens is 256 g/mol. The molecule has 0 aliphatic carbocycles. The number of benzene rings is 2. The molecule has 0 spiro atoms. The number of hydrogen-bond donors (Lipinski definition) is 1. The number of nitrogens with one attached hydrogen (secondary N) is 1. The van der Waals surface area contributed by atoms with Crippen molar-refractivity contribution in [2.45, 2.75) is 25.9 Å². The summed E-state index contributed by atoms with van der Waals surface area (Å²) in [5.74, 6) is 0. The third-order valence-corrected chi connectivity index (χ3v) is 3.88. The fourth-order valence-corrected chi connectivity index (χ4v) is 2.71.